The van der Waals surface area contributed by atoms with Crippen molar-refractivity contribution in [1.29, 1.82) is 0 Å². The number of benzene rings is 5. The third-order valence-electron chi connectivity index (χ3n) is 14.9. The summed E-state index contributed by atoms with van der Waals surface area (Å²) < 4.78 is 246. The standard InChI is InChI=1S/C55H51F17N2O8/c1-5-6-7-8-9-10-11-12-13-14-24-81-46(79)28(4)73-42(75)33-19-15-29-31-17-21-35-41-36(22-18-32(39(31)41)30-16-20-34(43(73)76)40(33)38(29)30)45(78)74(44(35)77)37(26-27(2)3)47(80)82-25-23-48(56,57)49(58,59)50(60,61)51(62,63)52(64,65)53(66,67)54(68,69)55(70,71)72/h15-22,27-28,37H,5-14,23-26H2,1-4H3/t28-,37-/m0/s1. The minimum Gasteiger partial charge on any atom is -0.464 e. The van der Waals surface area contributed by atoms with Gasteiger partial charge in [0.15, 0.2) is 0 Å². The number of hydrogen-bond acceptors (Lipinski definition) is 8. The van der Waals surface area contributed by atoms with Gasteiger partial charge in [0.1, 0.15) is 12.1 Å². The van der Waals surface area contributed by atoms with Gasteiger partial charge in [0.2, 0.25) is 0 Å². The first-order valence-electron chi connectivity index (χ1n) is 25.9. The van der Waals surface area contributed by atoms with E-state index in [0.29, 0.717) is 33.4 Å². The van der Waals surface area contributed by atoms with Gasteiger partial charge >= 0.3 is 59.6 Å². The number of fused-ring (bicyclic) bond motifs is 2. The first-order valence-corrected chi connectivity index (χ1v) is 25.9. The number of esters is 2. The van der Waals surface area contributed by atoms with Crippen molar-refractivity contribution in [3.63, 3.8) is 0 Å². The van der Waals surface area contributed by atoms with Crippen LogP contribution in [-0.2, 0) is 19.1 Å². The molecule has 0 bridgehead atoms. The van der Waals surface area contributed by atoms with Gasteiger partial charge in [-0.2, -0.15) is 74.6 Å². The number of hydrogen-bond donors (Lipinski definition) is 0. The number of carbonyl (C=O) groups excluding carboxylic acids is 6. The van der Waals surface area contributed by atoms with Crippen molar-refractivity contribution in [1.82, 2.24) is 9.80 Å². The summed E-state index contributed by atoms with van der Waals surface area (Å²) >= 11 is 0. The third kappa shape index (κ3) is 9.98. The van der Waals surface area contributed by atoms with Crippen LogP contribution in [0, 0.1) is 5.92 Å². The lowest BCUT2D eigenvalue weighted by Gasteiger charge is -2.42. The number of carbonyl (C=O) groups is 6. The Morgan fingerprint density at radius 2 is 0.768 bits per heavy atom. The highest BCUT2D eigenvalue weighted by Crippen LogP contribution is 2.64. The van der Waals surface area contributed by atoms with E-state index in [2.05, 4.69) is 11.7 Å². The van der Waals surface area contributed by atoms with Gasteiger partial charge in [-0.3, -0.25) is 29.0 Å². The zero-order valence-electron chi connectivity index (χ0n) is 43.8. The van der Waals surface area contributed by atoms with Crippen molar-refractivity contribution in [2.75, 3.05) is 13.2 Å². The molecule has 2 atom stereocenters. The van der Waals surface area contributed by atoms with Crippen LogP contribution < -0.4 is 0 Å². The average Bonchev–Trinajstić information content (AvgIpc) is 0.778. The van der Waals surface area contributed by atoms with Crippen LogP contribution in [0.3, 0.4) is 0 Å². The molecule has 2 aliphatic heterocycles. The number of unbranched alkanes of at least 4 members (excludes halogenated alkanes) is 9. The number of rotatable bonds is 26. The molecule has 7 rings (SSSR count). The lowest BCUT2D eigenvalue weighted by molar-refractivity contribution is -0.461. The second-order valence-electron chi connectivity index (χ2n) is 20.8. The predicted molar refractivity (Wildman–Crippen MR) is 260 cm³/mol. The summed E-state index contributed by atoms with van der Waals surface area (Å²) in [6.45, 7) is 4.07. The topological polar surface area (TPSA) is 127 Å². The number of nitrogens with zero attached hydrogens (tertiary/aromatic N) is 2. The van der Waals surface area contributed by atoms with Crippen LogP contribution >= 0.6 is 0 Å². The molecule has 0 aromatic heterocycles. The van der Waals surface area contributed by atoms with Gasteiger partial charge in [0, 0.05) is 33.0 Å². The molecule has 0 saturated heterocycles. The zero-order chi connectivity index (χ0) is 61.2. The quantitative estimate of drug-likeness (QED) is 0.0134. The van der Waals surface area contributed by atoms with Crippen molar-refractivity contribution < 1.29 is 113 Å². The first kappa shape index (κ1) is 63.0. The van der Waals surface area contributed by atoms with Crippen LogP contribution in [0.25, 0.3) is 43.1 Å². The molecule has 10 nitrogen and oxygen atoms in total. The number of imide groups is 2. The van der Waals surface area contributed by atoms with E-state index >= 15 is 0 Å². The highest BCUT2D eigenvalue weighted by Gasteiger charge is 2.95. The van der Waals surface area contributed by atoms with E-state index in [1.165, 1.54) is 82.9 Å². The van der Waals surface area contributed by atoms with E-state index in [9.17, 15) is 103 Å². The Labute approximate surface area is 454 Å². The number of halogens is 17. The second kappa shape index (κ2) is 22.2. The Kier molecular flexibility index (Phi) is 17.1. The number of amides is 4. The highest BCUT2D eigenvalue weighted by atomic mass is 19.4. The van der Waals surface area contributed by atoms with Crippen LogP contribution in [0.5, 0.6) is 0 Å². The van der Waals surface area contributed by atoms with Crippen molar-refractivity contribution in [2.45, 2.75) is 164 Å². The minimum atomic E-state index is -8.83. The Balaban J connectivity index is 1.11. The summed E-state index contributed by atoms with van der Waals surface area (Å²) in [5, 5.41) is 2.44. The molecule has 0 N–H and O–H groups in total. The zero-order valence-corrected chi connectivity index (χ0v) is 43.8. The highest BCUT2D eigenvalue weighted by molar-refractivity contribution is 6.41. The van der Waals surface area contributed by atoms with Crippen LogP contribution in [0.1, 0.15) is 146 Å². The molecular formula is C55H51F17N2O8. The number of ether oxygens (including phenoxy) is 2. The van der Waals surface area contributed by atoms with E-state index in [4.69, 9.17) is 4.74 Å². The van der Waals surface area contributed by atoms with Crippen LogP contribution in [0.4, 0.5) is 74.6 Å². The Hall–Kier alpha value is -6.57. The summed E-state index contributed by atoms with van der Waals surface area (Å²) in [6.07, 6.45) is -1.15. The molecule has 2 heterocycles. The van der Waals surface area contributed by atoms with E-state index < -0.39 is 121 Å². The molecule has 0 unspecified atom stereocenters. The third-order valence-corrected chi connectivity index (χ3v) is 14.9. The molecule has 5 aromatic rings. The summed E-state index contributed by atoms with van der Waals surface area (Å²) in [6, 6.07) is 7.71. The molecule has 82 heavy (non-hydrogen) atoms. The van der Waals surface area contributed by atoms with Crippen molar-refractivity contribution >= 4 is 78.7 Å². The van der Waals surface area contributed by atoms with Gasteiger partial charge < -0.3 is 9.47 Å². The fourth-order valence-electron chi connectivity index (χ4n) is 10.4. The minimum absolute atomic E-state index is 0.00880. The molecule has 0 aliphatic carbocycles. The normalized spacial score (nSPS) is 16.0. The molecular weight excluding hydrogens is 1140 g/mol. The van der Waals surface area contributed by atoms with Crippen LogP contribution in [0.2, 0.25) is 0 Å². The SMILES string of the molecule is CCCCCCCCCCCCOC(=O)[C@H](C)N1C(=O)c2ccc3c4ccc5c6c(ccc(c7ccc(c2c37)C1=O)c64)C(=O)N([C@@H](CC(C)C)C(=O)OCCC(F)(F)C(F)(F)C(F)(F)C(F)(F)C(F)(F)C(F)(F)C(F)(F)C(F)(F)F)C5=O. The lowest BCUT2D eigenvalue weighted by atomic mass is 9.82. The van der Waals surface area contributed by atoms with Crippen molar-refractivity contribution in [3.8, 4) is 0 Å². The summed E-state index contributed by atoms with van der Waals surface area (Å²) in [5.74, 6) is -65.7. The molecule has 0 radical (unpaired) electrons. The smallest absolute Gasteiger partial charge is 0.460 e. The molecule has 0 spiro atoms. The monoisotopic (exact) mass is 1190 g/mol. The average molecular weight is 1190 g/mol. The Bertz CT molecular complexity index is 3200. The van der Waals surface area contributed by atoms with E-state index in [0.717, 1.165) is 37.0 Å². The summed E-state index contributed by atoms with van der Waals surface area (Å²) in [4.78, 5) is 85.2. The molecule has 2 aliphatic rings. The summed E-state index contributed by atoms with van der Waals surface area (Å²) in [5.41, 5.74) is -0.453. The van der Waals surface area contributed by atoms with Gasteiger partial charge in [-0.05, 0) is 82.3 Å². The Morgan fingerprint density at radius 3 is 1.15 bits per heavy atom. The molecule has 0 saturated carbocycles. The summed E-state index contributed by atoms with van der Waals surface area (Å²) in [7, 11) is 0. The molecule has 4 amide bonds. The van der Waals surface area contributed by atoms with Crippen LogP contribution in [0.15, 0.2) is 48.5 Å². The van der Waals surface area contributed by atoms with Crippen molar-refractivity contribution in [3.05, 3.63) is 70.8 Å². The maximum atomic E-state index is 14.8. The maximum Gasteiger partial charge on any atom is 0.460 e. The van der Waals surface area contributed by atoms with E-state index in [-0.39, 0.29) is 49.9 Å². The molecule has 448 valence electrons. The van der Waals surface area contributed by atoms with E-state index in [1.807, 2.05) is 0 Å². The van der Waals surface area contributed by atoms with Gasteiger partial charge in [-0.25, -0.2) is 9.59 Å². The second-order valence-corrected chi connectivity index (χ2v) is 20.8. The number of alkyl halides is 17. The van der Waals surface area contributed by atoms with Gasteiger partial charge in [-0.15, -0.1) is 0 Å². The Morgan fingerprint density at radius 1 is 0.427 bits per heavy atom. The fourth-order valence-corrected chi connectivity index (χ4v) is 10.4. The van der Waals surface area contributed by atoms with Crippen LogP contribution in [-0.4, -0.2) is 118 Å². The van der Waals surface area contributed by atoms with Crippen molar-refractivity contribution in [2.24, 2.45) is 5.92 Å². The van der Waals surface area contributed by atoms with Gasteiger partial charge in [0.05, 0.1) is 19.6 Å². The molecule has 0 fully saturated rings. The molecule has 5 aromatic carbocycles. The van der Waals surface area contributed by atoms with Gasteiger partial charge in [-0.1, -0.05) is 103 Å². The predicted octanol–water partition coefficient (Wildman–Crippen LogP) is 15.1. The fraction of sp³-hybridized carbons (Fsp3) is 0.527. The molecule has 27 heteroatoms. The lowest BCUT2D eigenvalue weighted by Crippen LogP contribution is -2.74. The maximum absolute atomic E-state index is 14.8. The largest absolute Gasteiger partial charge is 0.464 e. The van der Waals surface area contributed by atoms with E-state index in [1.54, 1.807) is 12.1 Å². The van der Waals surface area contributed by atoms with Gasteiger partial charge in [0.25, 0.3) is 23.6 Å². The first-order chi connectivity index (χ1) is 37.9.